The second kappa shape index (κ2) is 9.13. The summed E-state index contributed by atoms with van der Waals surface area (Å²) < 4.78 is 39.5. The molecule has 1 unspecified atom stereocenters. The van der Waals surface area contributed by atoms with Crippen LogP contribution in [0.4, 0.5) is 0 Å². The summed E-state index contributed by atoms with van der Waals surface area (Å²) in [5.74, 6) is 2.39. The van der Waals surface area contributed by atoms with E-state index in [1.54, 1.807) is 31.4 Å². The molecule has 6 heteroatoms. The van der Waals surface area contributed by atoms with Crippen molar-refractivity contribution in [2.75, 3.05) is 20.8 Å². The molecule has 0 N–H and O–H groups in total. The van der Waals surface area contributed by atoms with Gasteiger partial charge in [0.1, 0.15) is 6.61 Å². The number of ether oxygens (including phenoxy) is 2. The maximum atomic E-state index is 14.2. The lowest BCUT2D eigenvalue weighted by Gasteiger charge is -2.57. The summed E-state index contributed by atoms with van der Waals surface area (Å²) in [5, 5.41) is 0. The van der Waals surface area contributed by atoms with E-state index in [1.165, 1.54) is 12.7 Å². The van der Waals surface area contributed by atoms with Gasteiger partial charge >= 0.3 is 4.87 Å². The lowest BCUT2D eigenvalue weighted by atomic mass is 9.48. The van der Waals surface area contributed by atoms with Gasteiger partial charge in [-0.1, -0.05) is 43.7 Å². The highest BCUT2D eigenvalue weighted by molar-refractivity contribution is 7.93. The highest BCUT2D eigenvalue weighted by Crippen LogP contribution is 2.66. The molecule has 1 fully saturated rings. The second-order valence-electron chi connectivity index (χ2n) is 12.0. The lowest BCUT2D eigenvalue weighted by molar-refractivity contribution is -0.0146. The summed E-state index contributed by atoms with van der Waals surface area (Å²) >= 11 is 0. The van der Waals surface area contributed by atoms with E-state index in [4.69, 9.17) is 16.0 Å². The largest absolute Gasteiger partial charge is 0.501 e. The molecular formula is C31H39NO4S. The van der Waals surface area contributed by atoms with Crippen LogP contribution >= 0.6 is 0 Å². The molecule has 37 heavy (non-hydrogen) atoms. The smallest absolute Gasteiger partial charge is 0.377 e. The number of fused-ring (bicyclic) bond motifs is 5. The first-order valence-electron chi connectivity index (χ1n) is 13.4. The Morgan fingerprint density at radius 3 is 2.43 bits per heavy atom. The Morgan fingerprint density at radius 1 is 1.05 bits per heavy atom. The van der Waals surface area contributed by atoms with Crippen molar-refractivity contribution in [3.63, 3.8) is 0 Å². The van der Waals surface area contributed by atoms with Crippen LogP contribution in [0, 0.1) is 42.1 Å². The van der Waals surface area contributed by atoms with E-state index in [-0.39, 0.29) is 22.3 Å². The maximum absolute atomic E-state index is 14.2. The summed E-state index contributed by atoms with van der Waals surface area (Å²) in [5.41, 5.74) is 2.91. The number of hydrogen-bond acceptors (Lipinski definition) is 4. The van der Waals surface area contributed by atoms with Crippen molar-refractivity contribution in [3.8, 4) is 0 Å². The van der Waals surface area contributed by atoms with Gasteiger partial charge in [-0.3, -0.25) is 4.85 Å². The fourth-order valence-corrected chi connectivity index (χ4v) is 10.1. The fourth-order valence-electron chi connectivity index (χ4n) is 8.19. The second-order valence-corrected chi connectivity index (χ2v) is 14.1. The first-order chi connectivity index (χ1) is 17.6. The van der Waals surface area contributed by atoms with Crippen LogP contribution in [0.5, 0.6) is 0 Å². The van der Waals surface area contributed by atoms with Gasteiger partial charge in [-0.25, -0.2) is 15.0 Å². The molecule has 0 radical (unpaired) electrons. The van der Waals surface area contributed by atoms with Crippen LogP contribution < -0.4 is 0 Å². The quantitative estimate of drug-likeness (QED) is 0.310. The van der Waals surface area contributed by atoms with Crippen molar-refractivity contribution in [2.24, 2.45) is 28.6 Å². The zero-order valence-corrected chi connectivity index (χ0v) is 23.5. The zero-order chi connectivity index (χ0) is 26.6. The number of methoxy groups -OCH3 is 2. The Morgan fingerprint density at radius 2 is 1.78 bits per heavy atom. The van der Waals surface area contributed by atoms with Gasteiger partial charge in [0.2, 0.25) is 0 Å². The van der Waals surface area contributed by atoms with Crippen LogP contribution in [0.25, 0.3) is 4.85 Å². The minimum atomic E-state index is -4.01. The van der Waals surface area contributed by atoms with Gasteiger partial charge in [-0.15, -0.1) is 0 Å². The Balaban J connectivity index is 1.54. The van der Waals surface area contributed by atoms with E-state index in [9.17, 15) is 8.42 Å². The maximum Gasteiger partial charge on any atom is 0.377 e. The van der Waals surface area contributed by atoms with Crippen molar-refractivity contribution in [3.05, 3.63) is 76.4 Å². The van der Waals surface area contributed by atoms with Crippen LogP contribution in [-0.4, -0.2) is 34.1 Å². The third kappa shape index (κ3) is 3.68. The standard InChI is InChI=1S/C31H39NO4S/c1-21-7-10-24(11-8-21)37(33,34)31(32-4,20-35-5)28-14-13-26-25-12-9-22-19-23(36-6)15-17-29(22,2)27(25)16-18-30(26,28)3/h7-11,14,19,25-27H,12-13,15-18,20H2,1-3,5-6H3/t25-,26-,27-,29-,30-,31?/m0/s1. The predicted octanol–water partition coefficient (Wildman–Crippen LogP) is 6.67. The SMILES string of the molecule is [C-]#[N+]C(COC)(C1=CC[C@H]2[C@@H]3CC=C4C=C(OC)CC[C@]4(C)[C@H]3CC[C@]12C)S(=O)(=O)c1ccc(C)cc1. The van der Waals surface area contributed by atoms with E-state index in [0.29, 0.717) is 17.8 Å². The molecule has 1 saturated carbocycles. The number of benzene rings is 1. The normalized spacial score (nSPS) is 34.5. The van der Waals surface area contributed by atoms with Crippen LogP contribution in [0.3, 0.4) is 0 Å². The van der Waals surface area contributed by atoms with E-state index in [2.05, 4.69) is 36.9 Å². The molecule has 0 spiro atoms. The minimum absolute atomic E-state index is 0.117. The highest BCUT2D eigenvalue weighted by Gasteiger charge is 2.66. The molecule has 1 aromatic carbocycles. The van der Waals surface area contributed by atoms with Gasteiger partial charge in [-0.2, -0.15) is 0 Å². The Kier molecular flexibility index (Phi) is 6.48. The van der Waals surface area contributed by atoms with Crippen molar-refractivity contribution in [2.45, 2.75) is 69.1 Å². The highest BCUT2D eigenvalue weighted by atomic mass is 32.2. The van der Waals surface area contributed by atoms with Crippen LogP contribution in [0.15, 0.2) is 64.3 Å². The number of hydrogen-bond donors (Lipinski definition) is 0. The number of sulfone groups is 1. The monoisotopic (exact) mass is 521 g/mol. The molecule has 0 heterocycles. The minimum Gasteiger partial charge on any atom is -0.501 e. The van der Waals surface area contributed by atoms with E-state index >= 15 is 0 Å². The van der Waals surface area contributed by atoms with E-state index in [1.807, 2.05) is 6.92 Å². The van der Waals surface area contributed by atoms with Gasteiger partial charge in [-0.05, 0) is 86.0 Å². The molecule has 1 aromatic rings. The molecule has 0 bridgehead atoms. The molecule has 6 atom stereocenters. The molecule has 0 saturated heterocycles. The summed E-state index contributed by atoms with van der Waals surface area (Å²) in [7, 11) is -0.762. The summed E-state index contributed by atoms with van der Waals surface area (Å²) in [4.78, 5) is 2.37. The van der Waals surface area contributed by atoms with Crippen LogP contribution in [-0.2, 0) is 19.3 Å². The molecule has 5 nitrogen and oxygen atoms in total. The first-order valence-corrected chi connectivity index (χ1v) is 14.9. The molecule has 0 amide bonds. The Bertz CT molecular complexity index is 1320. The molecule has 4 aliphatic rings. The number of nitrogens with zero attached hydrogens (tertiary/aromatic N) is 1. The van der Waals surface area contributed by atoms with Gasteiger partial charge in [0.15, 0.2) is 0 Å². The average Bonchev–Trinajstić information content (AvgIpc) is 3.24. The van der Waals surface area contributed by atoms with Gasteiger partial charge in [0, 0.05) is 24.5 Å². The van der Waals surface area contributed by atoms with Crippen molar-refractivity contribution in [1.82, 2.24) is 0 Å². The number of aryl methyl sites for hydroxylation is 1. The van der Waals surface area contributed by atoms with Crippen molar-refractivity contribution < 1.29 is 17.9 Å². The third-order valence-corrected chi connectivity index (χ3v) is 12.5. The summed E-state index contributed by atoms with van der Waals surface area (Å²) in [6.07, 6.45) is 12.5. The predicted molar refractivity (Wildman–Crippen MR) is 145 cm³/mol. The zero-order valence-electron chi connectivity index (χ0n) is 22.7. The fraction of sp³-hybridized carbons (Fsp3) is 0.581. The molecule has 198 valence electrons. The molecule has 0 aliphatic heterocycles. The summed E-state index contributed by atoms with van der Waals surface area (Å²) in [6, 6.07) is 6.86. The topological polar surface area (TPSA) is 57.0 Å². The summed E-state index contributed by atoms with van der Waals surface area (Å²) in [6.45, 7) is 14.7. The average molecular weight is 522 g/mol. The van der Waals surface area contributed by atoms with Crippen molar-refractivity contribution in [1.29, 1.82) is 0 Å². The van der Waals surface area contributed by atoms with Crippen LogP contribution in [0.1, 0.15) is 57.9 Å². The lowest BCUT2D eigenvalue weighted by Crippen LogP contribution is -2.52. The molecule has 0 aromatic heterocycles. The Labute approximate surface area is 222 Å². The van der Waals surface area contributed by atoms with E-state index < -0.39 is 14.7 Å². The molecule has 5 rings (SSSR count). The Hall–Kier alpha value is -2.36. The number of rotatable bonds is 6. The van der Waals surface area contributed by atoms with E-state index in [0.717, 1.165) is 55.4 Å². The van der Waals surface area contributed by atoms with Gasteiger partial charge in [0.05, 0.1) is 17.8 Å². The van der Waals surface area contributed by atoms with Gasteiger partial charge in [0.25, 0.3) is 9.84 Å². The molecule has 4 aliphatic carbocycles. The van der Waals surface area contributed by atoms with Gasteiger partial charge < -0.3 is 9.47 Å². The van der Waals surface area contributed by atoms with Crippen molar-refractivity contribution >= 4 is 9.84 Å². The molecular weight excluding hydrogens is 482 g/mol. The first kappa shape index (κ1) is 26.3. The van der Waals surface area contributed by atoms with Crippen LogP contribution in [0.2, 0.25) is 0 Å². The number of allylic oxidation sites excluding steroid dienone is 5. The third-order valence-electron chi connectivity index (χ3n) is 10.3.